The number of sulfone groups is 1. The third-order valence-corrected chi connectivity index (χ3v) is 9.32. The Hall–Kier alpha value is -2.73. The van der Waals surface area contributed by atoms with Crippen LogP contribution in [0.5, 0.6) is 0 Å². The van der Waals surface area contributed by atoms with Gasteiger partial charge in [-0.2, -0.15) is 0 Å². The number of fused-ring (bicyclic) bond motifs is 1. The van der Waals surface area contributed by atoms with Crippen LogP contribution in [0.15, 0.2) is 53.4 Å². The van der Waals surface area contributed by atoms with Crippen LogP contribution >= 0.6 is 35.6 Å². The molecule has 2 aromatic carbocycles. The molecule has 1 N–H and O–H groups in total. The highest BCUT2D eigenvalue weighted by Crippen LogP contribution is 2.45. The number of hydrogen-bond acceptors (Lipinski definition) is 7. The van der Waals surface area contributed by atoms with Crippen molar-refractivity contribution < 1.29 is 22.8 Å². The molecule has 0 bridgehead atoms. The van der Waals surface area contributed by atoms with Gasteiger partial charge in [0.2, 0.25) is 5.91 Å². The van der Waals surface area contributed by atoms with Gasteiger partial charge in [0, 0.05) is 16.3 Å². The first kappa shape index (κ1) is 24.0. The molecule has 2 saturated heterocycles. The molecule has 0 aromatic heterocycles. The zero-order chi connectivity index (χ0) is 24.9. The van der Waals surface area contributed by atoms with E-state index in [4.69, 9.17) is 23.8 Å². The van der Waals surface area contributed by atoms with Crippen LogP contribution in [0.1, 0.15) is 12.0 Å². The minimum Gasteiger partial charge on any atom is -0.324 e. The van der Waals surface area contributed by atoms with Crippen molar-refractivity contribution in [3.05, 3.63) is 64.0 Å². The molecule has 1 atom stereocenters. The van der Waals surface area contributed by atoms with Crippen molar-refractivity contribution in [2.24, 2.45) is 0 Å². The first-order valence-corrected chi connectivity index (χ1v) is 14.0. The van der Waals surface area contributed by atoms with Gasteiger partial charge in [-0.3, -0.25) is 24.2 Å². The van der Waals surface area contributed by atoms with E-state index in [1.165, 1.54) is 9.80 Å². The quantitative estimate of drug-likeness (QED) is 0.463. The van der Waals surface area contributed by atoms with Gasteiger partial charge in [0.05, 0.1) is 33.7 Å². The molecule has 2 fully saturated rings. The van der Waals surface area contributed by atoms with Gasteiger partial charge in [0.25, 0.3) is 11.8 Å². The van der Waals surface area contributed by atoms with Crippen molar-refractivity contribution in [2.75, 3.05) is 28.3 Å². The second-order valence-corrected chi connectivity index (χ2v) is 12.6. The fourth-order valence-electron chi connectivity index (χ4n) is 4.39. The summed E-state index contributed by atoms with van der Waals surface area (Å²) in [5, 5.41) is 3.18. The van der Waals surface area contributed by atoms with Gasteiger partial charge in [-0.25, -0.2) is 8.42 Å². The molecule has 0 radical (unpaired) electrons. The summed E-state index contributed by atoms with van der Waals surface area (Å²) in [5.41, 5.74) is 1.68. The highest BCUT2D eigenvalue weighted by Gasteiger charge is 2.46. The normalized spacial score (nSPS) is 23.2. The Kier molecular flexibility index (Phi) is 6.20. The largest absolute Gasteiger partial charge is 0.324 e. The smallest absolute Gasteiger partial charge is 0.267 e. The summed E-state index contributed by atoms with van der Waals surface area (Å²) in [6.45, 7) is -0.271. The van der Waals surface area contributed by atoms with Crippen molar-refractivity contribution in [1.82, 2.24) is 4.90 Å². The maximum atomic E-state index is 13.5. The first-order valence-electron chi connectivity index (χ1n) is 10.6. The molecule has 3 amide bonds. The number of thiocarbonyl (C=S) groups is 1. The molecule has 180 valence electrons. The maximum Gasteiger partial charge on any atom is 0.267 e. The summed E-state index contributed by atoms with van der Waals surface area (Å²) in [6, 6.07) is 13.0. The fraction of sp³-hybridized carbons (Fsp3) is 0.217. The molecule has 35 heavy (non-hydrogen) atoms. The van der Waals surface area contributed by atoms with Crippen LogP contribution in [-0.2, 0) is 24.2 Å². The van der Waals surface area contributed by atoms with E-state index in [0.717, 1.165) is 11.8 Å². The Morgan fingerprint density at radius 2 is 1.91 bits per heavy atom. The summed E-state index contributed by atoms with van der Waals surface area (Å²) < 4.78 is 24.1. The number of carbonyl (C=O) groups excluding carboxylic acids is 3. The van der Waals surface area contributed by atoms with E-state index < -0.39 is 33.6 Å². The Balaban J connectivity index is 1.45. The second kappa shape index (κ2) is 9.05. The minimum absolute atomic E-state index is 0.00207. The number of rotatable bonds is 4. The van der Waals surface area contributed by atoms with Crippen LogP contribution in [0.3, 0.4) is 0 Å². The lowest BCUT2D eigenvalue weighted by Crippen LogP contribution is -2.39. The SMILES string of the molecule is O=C(CN1C(=O)/C(=C2\SC(=S)N(C3CCS(=O)(=O)C3)C2=O)c2ccccc21)Nc1cccc(Cl)c1. The van der Waals surface area contributed by atoms with Crippen molar-refractivity contribution in [1.29, 1.82) is 0 Å². The first-order chi connectivity index (χ1) is 16.6. The Bertz CT molecular complexity index is 1440. The van der Waals surface area contributed by atoms with Gasteiger partial charge in [0.1, 0.15) is 10.9 Å². The Morgan fingerprint density at radius 1 is 1.14 bits per heavy atom. The van der Waals surface area contributed by atoms with E-state index in [9.17, 15) is 22.8 Å². The molecule has 0 saturated carbocycles. The molecule has 12 heteroatoms. The van der Waals surface area contributed by atoms with Crippen LogP contribution in [0.2, 0.25) is 5.02 Å². The molecule has 3 heterocycles. The van der Waals surface area contributed by atoms with Crippen LogP contribution < -0.4 is 10.2 Å². The van der Waals surface area contributed by atoms with Crippen LogP contribution in [0.25, 0.3) is 5.57 Å². The number of thioether (sulfide) groups is 1. The topological polar surface area (TPSA) is 104 Å². The maximum absolute atomic E-state index is 13.5. The summed E-state index contributed by atoms with van der Waals surface area (Å²) in [4.78, 5) is 42.4. The average molecular weight is 548 g/mol. The molecule has 3 aliphatic rings. The second-order valence-electron chi connectivity index (χ2n) is 8.27. The van der Waals surface area contributed by atoms with E-state index >= 15 is 0 Å². The lowest BCUT2D eigenvalue weighted by atomic mass is 10.1. The lowest BCUT2D eigenvalue weighted by Gasteiger charge is -2.21. The summed E-state index contributed by atoms with van der Waals surface area (Å²) in [7, 11) is -3.23. The number of hydrogen-bond donors (Lipinski definition) is 1. The number of benzene rings is 2. The van der Waals surface area contributed by atoms with Gasteiger partial charge >= 0.3 is 0 Å². The molecule has 8 nitrogen and oxygen atoms in total. The monoisotopic (exact) mass is 547 g/mol. The zero-order valence-electron chi connectivity index (χ0n) is 18.1. The van der Waals surface area contributed by atoms with Crippen molar-refractivity contribution in [2.45, 2.75) is 12.5 Å². The Morgan fingerprint density at radius 3 is 2.63 bits per heavy atom. The standard InChI is InChI=1S/C23H18ClN3O5S3/c24-13-4-3-5-14(10-13)25-18(28)11-26-17-7-2-1-6-16(17)19(21(26)29)20-22(30)27(23(33)34-20)15-8-9-35(31,32)12-15/h1-7,10,15H,8-9,11-12H2,(H,25,28)/b20-19-. The van der Waals surface area contributed by atoms with E-state index in [-0.39, 0.29) is 32.8 Å². The summed E-state index contributed by atoms with van der Waals surface area (Å²) >= 11 is 12.4. The van der Waals surface area contributed by atoms with E-state index in [0.29, 0.717) is 28.4 Å². The van der Waals surface area contributed by atoms with Gasteiger partial charge in [0.15, 0.2) is 9.84 Å². The van der Waals surface area contributed by atoms with Crippen LogP contribution in [0.4, 0.5) is 11.4 Å². The molecule has 3 aliphatic heterocycles. The third-order valence-electron chi connectivity index (χ3n) is 5.93. The molecule has 0 spiro atoms. The van der Waals surface area contributed by atoms with Gasteiger partial charge < -0.3 is 5.32 Å². The summed E-state index contributed by atoms with van der Waals surface area (Å²) in [6.07, 6.45) is 0.303. The van der Waals surface area contributed by atoms with Gasteiger partial charge in [-0.1, -0.05) is 59.8 Å². The minimum atomic E-state index is -3.23. The van der Waals surface area contributed by atoms with Gasteiger partial charge in [-0.15, -0.1) is 0 Å². The van der Waals surface area contributed by atoms with Crippen LogP contribution in [0, 0.1) is 0 Å². The predicted octanol–water partition coefficient (Wildman–Crippen LogP) is 3.08. The van der Waals surface area contributed by atoms with E-state index in [2.05, 4.69) is 5.32 Å². The highest BCUT2D eigenvalue weighted by molar-refractivity contribution is 8.26. The van der Waals surface area contributed by atoms with E-state index in [1.807, 2.05) is 0 Å². The highest BCUT2D eigenvalue weighted by atomic mass is 35.5. The predicted molar refractivity (Wildman–Crippen MR) is 140 cm³/mol. The molecular formula is C23H18ClN3O5S3. The molecule has 2 aromatic rings. The van der Waals surface area contributed by atoms with E-state index in [1.54, 1.807) is 48.5 Å². The number of amides is 3. The Labute approximate surface area is 216 Å². The van der Waals surface area contributed by atoms with Crippen molar-refractivity contribution in [3.8, 4) is 0 Å². The molecule has 5 rings (SSSR count). The van der Waals surface area contributed by atoms with Crippen molar-refractivity contribution in [3.63, 3.8) is 0 Å². The molecule has 1 unspecified atom stereocenters. The lowest BCUT2D eigenvalue weighted by molar-refractivity contribution is -0.123. The third kappa shape index (κ3) is 4.49. The van der Waals surface area contributed by atoms with Crippen LogP contribution in [-0.4, -0.2) is 59.5 Å². The molecule has 0 aliphatic carbocycles. The summed E-state index contributed by atoms with van der Waals surface area (Å²) in [5.74, 6) is -1.56. The average Bonchev–Trinajstić information content (AvgIpc) is 3.39. The number of halogens is 1. The number of carbonyl (C=O) groups is 3. The number of anilines is 2. The zero-order valence-corrected chi connectivity index (χ0v) is 21.3. The number of para-hydroxylation sites is 1. The van der Waals surface area contributed by atoms with Crippen molar-refractivity contribution >= 4 is 84.4 Å². The molecular weight excluding hydrogens is 530 g/mol. The number of nitrogens with zero attached hydrogens (tertiary/aromatic N) is 2. The van der Waals surface area contributed by atoms with Gasteiger partial charge in [-0.05, 0) is 30.7 Å². The number of nitrogens with one attached hydrogen (secondary N) is 1. The fourth-order valence-corrected chi connectivity index (χ4v) is 7.75.